The number of fused-ring (bicyclic) bond motifs is 1. The average Bonchev–Trinajstić information content (AvgIpc) is 3.05. The zero-order chi connectivity index (χ0) is 14.7. The van der Waals surface area contributed by atoms with Gasteiger partial charge in [-0.1, -0.05) is 23.4 Å². The second-order valence-corrected chi connectivity index (χ2v) is 5.43. The van der Waals surface area contributed by atoms with Crippen LogP contribution in [-0.4, -0.2) is 26.1 Å². The summed E-state index contributed by atoms with van der Waals surface area (Å²) in [6.07, 6.45) is 7.49. The van der Waals surface area contributed by atoms with Crippen LogP contribution in [-0.2, 0) is 20.0 Å². The van der Waals surface area contributed by atoms with E-state index in [4.69, 9.17) is 5.73 Å². The molecule has 0 atom stereocenters. The number of benzene rings is 1. The van der Waals surface area contributed by atoms with Crippen LogP contribution >= 0.6 is 0 Å². The summed E-state index contributed by atoms with van der Waals surface area (Å²) >= 11 is 0. The van der Waals surface area contributed by atoms with Gasteiger partial charge in [-0.2, -0.15) is 0 Å². The van der Waals surface area contributed by atoms with E-state index in [9.17, 15) is 0 Å². The summed E-state index contributed by atoms with van der Waals surface area (Å²) in [5.41, 5.74) is 9.22. The van der Waals surface area contributed by atoms with Gasteiger partial charge in [-0.25, -0.2) is 0 Å². The van der Waals surface area contributed by atoms with Crippen LogP contribution in [0.2, 0.25) is 0 Å². The standard InChI is InChI=1S/C16H21N5/c1-20-11-14(18-19-20)12-21-10-13(6-4-5-9-17)15-7-2-3-8-16(15)21/h2-3,7-8,10-11H,4-6,9,12,17H2,1H3. The van der Waals surface area contributed by atoms with Gasteiger partial charge in [0, 0.05) is 30.3 Å². The maximum Gasteiger partial charge on any atom is 0.102 e. The molecule has 2 aromatic heterocycles. The lowest BCUT2D eigenvalue weighted by Crippen LogP contribution is -1.99. The lowest BCUT2D eigenvalue weighted by Gasteiger charge is -2.01. The third-order valence-corrected chi connectivity index (χ3v) is 3.75. The fraction of sp³-hybridized carbons (Fsp3) is 0.375. The summed E-state index contributed by atoms with van der Waals surface area (Å²) in [6, 6.07) is 8.54. The largest absolute Gasteiger partial charge is 0.341 e. The quantitative estimate of drug-likeness (QED) is 0.705. The molecule has 2 N–H and O–H groups in total. The molecule has 0 aliphatic rings. The van der Waals surface area contributed by atoms with Gasteiger partial charge in [-0.05, 0) is 37.4 Å². The monoisotopic (exact) mass is 283 g/mol. The Labute approximate surface area is 124 Å². The van der Waals surface area contributed by atoms with Crippen LogP contribution in [0.15, 0.2) is 36.7 Å². The Hall–Kier alpha value is -2.14. The minimum absolute atomic E-state index is 0.755. The second kappa shape index (κ2) is 6.10. The minimum Gasteiger partial charge on any atom is -0.341 e. The molecule has 5 heteroatoms. The SMILES string of the molecule is Cn1cc(Cn2cc(CCCCN)c3ccccc32)nn1. The van der Waals surface area contributed by atoms with Gasteiger partial charge in [0.15, 0.2) is 0 Å². The zero-order valence-corrected chi connectivity index (χ0v) is 12.4. The number of nitrogens with zero attached hydrogens (tertiary/aromatic N) is 4. The third kappa shape index (κ3) is 2.97. The Kier molecular flexibility index (Phi) is 4.01. The van der Waals surface area contributed by atoms with Crippen LogP contribution in [0.25, 0.3) is 10.9 Å². The van der Waals surface area contributed by atoms with E-state index in [0.717, 1.165) is 38.0 Å². The number of nitrogens with two attached hydrogens (primary N) is 1. The van der Waals surface area contributed by atoms with Crippen molar-refractivity contribution in [1.82, 2.24) is 19.6 Å². The number of unbranched alkanes of at least 4 members (excludes halogenated alkanes) is 1. The Balaban J connectivity index is 1.90. The van der Waals surface area contributed by atoms with Crippen molar-refractivity contribution < 1.29 is 0 Å². The summed E-state index contributed by atoms with van der Waals surface area (Å²) in [7, 11) is 1.89. The van der Waals surface area contributed by atoms with Crippen LogP contribution in [0.5, 0.6) is 0 Å². The number of aryl methyl sites for hydroxylation is 2. The molecule has 3 aromatic rings. The van der Waals surface area contributed by atoms with Gasteiger partial charge in [-0.15, -0.1) is 5.10 Å². The Morgan fingerprint density at radius 2 is 2.00 bits per heavy atom. The van der Waals surface area contributed by atoms with Crippen LogP contribution in [0.1, 0.15) is 24.1 Å². The number of hydrogen-bond acceptors (Lipinski definition) is 3. The van der Waals surface area contributed by atoms with E-state index in [1.165, 1.54) is 16.5 Å². The minimum atomic E-state index is 0.755. The van der Waals surface area contributed by atoms with Gasteiger partial charge in [0.25, 0.3) is 0 Å². The topological polar surface area (TPSA) is 61.7 Å². The first-order valence-electron chi connectivity index (χ1n) is 7.40. The van der Waals surface area contributed by atoms with Gasteiger partial charge < -0.3 is 10.3 Å². The van der Waals surface area contributed by atoms with Crippen LogP contribution in [0.4, 0.5) is 0 Å². The van der Waals surface area contributed by atoms with Crippen molar-refractivity contribution in [2.75, 3.05) is 6.54 Å². The predicted octanol–water partition coefficient (Wildman–Crippen LogP) is 2.10. The second-order valence-electron chi connectivity index (χ2n) is 5.43. The number of aromatic nitrogens is 4. The molecule has 21 heavy (non-hydrogen) atoms. The number of hydrogen-bond donors (Lipinski definition) is 1. The maximum absolute atomic E-state index is 5.59. The zero-order valence-electron chi connectivity index (χ0n) is 12.4. The van der Waals surface area contributed by atoms with Crippen molar-refractivity contribution in [3.8, 4) is 0 Å². The third-order valence-electron chi connectivity index (χ3n) is 3.75. The molecule has 0 spiro atoms. The molecule has 2 heterocycles. The highest BCUT2D eigenvalue weighted by atomic mass is 15.4. The van der Waals surface area contributed by atoms with E-state index in [0.29, 0.717) is 0 Å². The van der Waals surface area contributed by atoms with Crippen LogP contribution < -0.4 is 5.73 Å². The molecule has 0 saturated carbocycles. The van der Waals surface area contributed by atoms with Crippen molar-refractivity contribution in [2.24, 2.45) is 12.8 Å². The van der Waals surface area contributed by atoms with Crippen molar-refractivity contribution in [1.29, 1.82) is 0 Å². The molecule has 1 aromatic carbocycles. The molecule has 0 bridgehead atoms. The molecule has 0 aliphatic heterocycles. The van der Waals surface area contributed by atoms with E-state index < -0.39 is 0 Å². The molecular weight excluding hydrogens is 262 g/mol. The highest BCUT2D eigenvalue weighted by molar-refractivity contribution is 5.84. The summed E-state index contributed by atoms with van der Waals surface area (Å²) in [6.45, 7) is 1.52. The van der Waals surface area contributed by atoms with E-state index in [1.807, 2.05) is 13.2 Å². The molecule has 0 fully saturated rings. The van der Waals surface area contributed by atoms with Crippen molar-refractivity contribution in [3.63, 3.8) is 0 Å². The average molecular weight is 283 g/mol. The highest BCUT2D eigenvalue weighted by Crippen LogP contribution is 2.23. The summed E-state index contributed by atoms with van der Waals surface area (Å²) < 4.78 is 4.00. The van der Waals surface area contributed by atoms with Crippen LogP contribution in [0, 0.1) is 0 Å². The summed E-state index contributed by atoms with van der Waals surface area (Å²) in [5, 5.41) is 9.51. The van der Waals surface area contributed by atoms with Gasteiger partial charge in [0.2, 0.25) is 0 Å². The Morgan fingerprint density at radius 3 is 2.76 bits per heavy atom. The van der Waals surface area contributed by atoms with Gasteiger partial charge in [0.05, 0.1) is 6.54 Å². The first kappa shape index (κ1) is 13.8. The molecule has 3 rings (SSSR count). The molecule has 110 valence electrons. The molecular formula is C16H21N5. The fourth-order valence-corrected chi connectivity index (χ4v) is 2.75. The maximum atomic E-state index is 5.59. The molecule has 0 amide bonds. The Bertz CT molecular complexity index is 725. The van der Waals surface area contributed by atoms with Crippen molar-refractivity contribution >= 4 is 10.9 Å². The fourth-order valence-electron chi connectivity index (χ4n) is 2.75. The van der Waals surface area contributed by atoms with Gasteiger partial charge in [0.1, 0.15) is 5.69 Å². The van der Waals surface area contributed by atoms with E-state index in [2.05, 4.69) is 45.3 Å². The molecule has 0 unspecified atom stereocenters. The van der Waals surface area contributed by atoms with Gasteiger partial charge >= 0.3 is 0 Å². The first-order chi connectivity index (χ1) is 10.3. The first-order valence-corrected chi connectivity index (χ1v) is 7.40. The normalized spacial score (nSPS) is 11.3. The van der Waals surface area contributed by atoms with Crippen LogP contribution in [0.3, 0.4) is 0 Å². The number of rotatable bonds is 6. The Morgan fingerprint density at radius 1 is 1.14 bits per heavy atom. The molecule has 0 radical (unpaired) electrons. The van der Waals surface area contributed by atoms with Crippen molar-refractivity contribution in [2.45, 2.75) is 25.8 Å². The number of para-hydroxylation sites is 1. The molecule has 5 nitrogen and oxygen atoms in total. The summed E-state index contributed by atoms with van der Waals surface area (Å²) in [5.74, 6) is 0. The van der Waals surface area contributed by atoms with Gasteiger partial charge in [-0.3, -0.25) is 4.68 Å². The van der Waals surface area contributed by atoms with E-state index in [-0.39, 0.29) is 0 Å². The predicted molar refractivity (Wildman–Crippen MR) is 84.0 cm³/mol. The molecule has 0 saturated heterocycles. The van der Waals surface area contributed by atoms with E-state index in [1.54, 1.807) is 4.68 Å². The highest BCUT2D eigenvalue weighted by Gasteiger charge is 2.09. The van der Waals surface area contributed by atoms with Crippen molar-refractivity contribution in [3.05, 3.63) is 47.9 Å². The van der Waals surface area contributed by atoms with E-state index >= 15 is 0 Å². The lowest BCUT2D eigenvalue weighted by atomic mass is 10.1. The lowest BCUT2D eigenvalue weighted by molar-refractivity contribution is 0.710. The smallest absolute Gasteiger partial charge is 0.102 e. The summed E-state index contributed by atoms with van der Waals surface area (Å²) in [4.78, 5) is 0. The molecule has 0 aliphatic carbocycles.